The second-order valence-electron chi connectivity index (χ2n) is 7.02. The van der Waals surface area contributed by atoms with Crippen LogP contribution in [0.4, 0.5) is 15.9 Å². The lowest BCUT2D eigenvalue weighted by molar-refractivity contribution is -0.123. The number of nitrogens with one attached hydrogen (secondary N) is 3. The zero-order valence-corrected chi connectivity index (χ0v) is 17.2. The molecule has 2 aromatic carbocycles. The van der Waals surface area contributed by atoms with E-state index in [9.17, 15) is 18.8 Å². The fourth-order valence-corrected chi connectivity index (χ4v) is 4.17. The van der Waals surface area contributed by atoms with Gasteiger partial charge in [0.2, 0.25) is 11.8 Å². The van der Waals surface area contributed by atoms with E-state index in [0.717, 1.165) is 6.42 Å². The third kappa shape index (κ3) is 5.00. The molecule has 2 heterocycles. The summed E-state index contributed by atoms with van der Waals surface area (Å²) < 4.78 is 13.1. The van der Waals surface area contributed by atoms with Crippen LogP contribution in [-0.4, -0.2) is 27.5 Å². The fourth-order valence-electron chi connectivity index (χ4n) is 3.32. The maximum absolute atomic E-state index is 13.1. The first-order valence-electron chi connectivity index (χ1n) is 9.67. The van der Waals surface area contributed by atoms with E-state index in [-0.39, 0.29) is 17.8 Å². The monoisotopic (exact) mass is 438 g/mol. The Morgan fingerprint density at radius 2 is 1.87 bits per heavy atom. The van der Waals surface area contributed by atoms with Crippen molar-refractivity contribution in [1.29, 1.82) is 0 Å². The molecule has 3 aromatic rings. The van der Waals surface area contributed by atoms with Gasteiger partial charge in [-0.15, -0.1) is 0 Å². The first-order valence-corrected chi connectivity index (χ1v) is 10.7. The highest BCUT2D eigenvalue weighted by Gasteiger charge is 2.34. The quantitative estimate of drug-likeness (QED) is 0.405. The second-order valence-corrected chi connectivity index (χ2v) is 8.10. The van der Waals surface area contributed by atoms with Crippen LogP contribution in [0.5, 0.6) is 0 Å². The van der Waals surface area contributed by atoms with Crippen LogP contribution in [-0.2, 0) is 16.0 Å². The number of H-pyrrole nitrogens is 1. The van der Waals surface area contributed by atoms with Gasteiger partial charge in [0.15, 0.2) is 5.16 Å². The molecule has 1 aromatic heterocycles. The predicted molar refractivity (Wildman–Crippen MR) is 117 cm³/mol. The highest BCUT2D eigenvalue weighted by Crippen LogP contribution is 2.30. The van der Waals surface area contributed by atoms with Crippen molar-refractivity contribution < 1.29 is 14.0 Å². The van der Waals surface area contributed by atoms with E-state index in [1.807, 2.05) is 30.3 Å². The highest BCUT2D eigenvalue weighted by atomic mass is 32.2. The summed E-state index contributed by atoms with van der Waals surface area (Å²) in [6, 6.07) is 15.2. The van der Waals surface area contributed by atoms with Crippen molar-refractivity contribution in [3.8, 4) is 0 Å². The van der Waals surface area contributed by atoms with Gasteiger partial charge in [0.25, 0.3) is 5.56 Å². The Labute approximate surface area is 181 Å². The third-order valence-corrected chi connectivity index (χ3v) is 5.70. The van der Waals surface area contributed by atoms with E-state index in [2.05, 4.69) is 20.6 Å². The number of halogens is 1. The SMILES string of the molecule is O=C1C[C@H](C(=O)Nc2ccc(F)cc2)c2c(nc(SCCc3ccccc3)[nH]c2=O)N1. The highest BCUT2D eigenvalue weighted by molar-refractivity contribution is 7.99. The van der Waals surface area contributed by atoms with Gasteiger partial charge in [-0.3, -0.25) is 14.4 Å². The molecule has 1 aliphatic heterocycles. The molecule has 9 heteroatoms. The van der Waals surface area contributed by atoms with Crippen LogP contribution < -0.4 is 16.2 Å². The molecule has 7 nitrogen and oxygen atoms in total. The van der Waals surface area contributed by atoms with Gasteiger partial charge in [-0.05, 0) is 36.2 Å². The summed E-state index contributed by atoms with van der Waals surface area (Å²) in [6.45, 7) is 0. The van der Waals surface area contributed by atoms with Gasteiger partial charge < -0.3 is 15.6 Å². The minimum Gasteiger partial charge on any atom is -0.326 e. The molecule has 31 heavy (non-hydrogen) atoms. The lowest BCUT2D eigenvalue weighted by atomic mass is 9.92. The maximum Gasteiger partial charge on any atom is 0.257 e. The molecule has 1 atom stereocenters. The number of rotatable bonds is 6. The number of benzene rings is 2. The van der Waals surface area contributed by atoms with Crippen LogP contribution in [0.15, 0.2) is 64.5 Å². The van der Waals surface area contributed by atoms with Gasteiger partial charge in [0, 0.05) is 17.9 Å². The van der Waals surface area contributed by atoms with Crippen LogP contribution in [0, 0.1) is 5.82 Å². The number of carbonyl (C=O) groups excluding carboxylic acids is 2. The summed E-state index contributed by atoms with van der Waals surface area (Å²) in [5.41, 5.74) is 1.19. The number of aromatic nitrogens is 2. The van der Waals surface area contributed by atoms with Crippen LogP contribution in [0.3, 0.4) is 0 Å². The molecular weight excluding hydrogens is 419 g/mol. The first-order chi connectivity index (χ1) is 15.0. The number of aromatic amines is 1. The fraction of sp³-hybridized carbons (Fsp3) is 0.182. The molecule has 0 aliphatic carbocycles. The van der Waals surface area contributed by atoms with Crippen LogP contribution in [0.2, 0.25) is 0 Å². The molecule has 3 N–H and O–H groups in total. The molecule has 1 aliphatic rings. The van der Waals surface area contributed by atoms with E-state index >= 15 is 0 Å². The number of hydrogen-bond donors (Lipinski definition) is 3. The summed E-state index contributed by atoms with van der Waals surface area (Å²) in [4.78, 5) is 44.7. The van der Waals surface area contributed by atoms with Crippen molar-refractivity contribution in [3.05, 3.63) is 81.9 Å². The average molecular weight is 438 g/mol. The molecule has 4 rings (SSSR count). The smallest absolute Gasteiger partial charge is 0.257 e. The van der Waals surface area contributed by atoms with Crippen molar-refractivity contribution in [2.24, 2.45) is 0 Å². The van der Waals surface area contributed by atoms with Gasteiger partial charge in [0.1, 0.15) is 11.6 Å². The second kappa shape index (κ2) is 9.13. The molecule has 0 radical (unpaired) electrons. The summed E-state index contributed by atoms with van der Waals surface area (Å²) in [7, 11) is 0. The van der Waals surface area contributed by atoms with Gasteiger partial charge in [-0.25, -0.2) is 9.37 Å². The van der Waals surface area contributed by atoms with Crippen LogP contribution >= 0.6 is 11.8 Å². The Kier molecular flexibility index (Phi) is 6.13. The van der Waals surface area contributed by atoms with Gasteiger partial charge in [0.05, 0.1) is 11.5 Å². The minimum atomic E-state index is -0.992. The number of carbonyl (C=O) groups is 2. The molecule has 0 bridgehead atoms. The molecule has 0 saturated carbocycles. The number of amides is 2. The van der Waals surface area contributed by atoms with Crippen molar-refractivity contribution in [1.82, 2.24) is 9.97 Å². The summed E-state index contributed by atoms with van der Waals surface area (Å²) in [5, 5.41) is 5.59. The molecule has 158 valence electrons. The standard InChI is InChI=1S/C22H19FN4O3S/c23-14-6-8-15(9-7-14)24-20(29)16-12-17(28)25-19-18(16)21(30)27-22(26-19)31-11-10-13-4-2-1-3-5-13/h1-9,16H,10-12H2,(H,24,29)(H2,25,26,27,28,30)/t16-/m0/s1. The van der Waals surface area contributed by atoms with Gasteiger partial charge in [-0.2, -0.15) is 0 Å². The molecule has 0 unspecified atom stereocenters. The van der Waals surface area contributed by atoms with E-state index in [1.54, 1.807) is 0 Å². The first kappa shape index (κ1) is 20.8. The van der Waals surface area contributed by atoms with Crippen molar-refractivity contribution in [3.63, 3.8) is 0 Å². The third-order valence-electron chi connectivity index (χ3n) is 4.83. The number of hydrogen-bond acceptors (Lipinski definition) is 5. The summed E-state index contributed by atoms with van der Waals surface area (Å²) >= 11 is 1.36. The zero-order chi connectivity index (χ0) is 21.8. The van der Waals surface area contributed by atoms with Crippen molar-refractivity contribution in [2.45, 2.75) is 23.9 Å². The molecule has 0 fully saturated rings. The molecule has 2 amide bonds. The number of thioether (sulfide) groups is 1. The number of fused-ring (bicyclic) bond motifs is 1. The van der Waals surface area contributed by atoms with E-state index in [1.165, 1.54) is 41.6 Å². The van der Waals surface area contributed by atoms with Gasteiger partial charge in [-0.1, -0.05) is 42.1 Å². The predicted octanol–water partition coefficient (Wildman–Crippen LogP) is 3.31. The van der Waals surface area contributed by atoms with E-state index in [0.29, 0.717) is 16.6 Å². The summed E-state index contributed by atoms with van der Waals surface area (Å²) in [6.07, 6.45) is 0.618. The van der Waals surface area contributed by atoms with E-state index < -0.39 is 29.1 Å². The largest absolute Gasteiger partial charge is 0.326 e. The minimum absolute atomic E-state index is 0.0986. The normalized spacial score (nSPS) is 15.1. The van der Waals surface area contributed by atoms with Crippen molar-refractivity contribution in [2.75, 3.05) is 16.4 Å². The topological polar surface area (TPSA) is 104 Å². The zero-order valence-electron chi connectivity index (χ0n) is 16.4. The Hall–Kier alpha value is -3.46. The van der Waals surface area contributed by atoms with Crippen LogP contribution in [0.1, 0.15) is 23.5 Å². The number of nitrogens with zero attached hydrogens (tertiary/aromatic N) is 1. The lowest BCUT2D eigenvalue weighted by Gasteiger charge is -2.23. The number of aryl methyl sites for hydroxylation is 1. The Balaban J connectivity index is 1.51. The molecular formula is C22H19FN4O3S. The summed E-state index contributed by atoms with van der Waals surface area (Å²) in [5.74, 6) is -1.56. The molecule has 0 saturated heterocycles. The lowest BCUT2D eigenvalue weighted by Crippen LogP contribution is -2.36. The van der Waals surface area contributed by atoms with Crippen LogP contribution in [0.25, 0.3) is 0 Å². The van der Waals surface area contributed by atoms with Crippen molar-refractivity contribution >= 4 is 35.1 Å². The Bertz CT molecular complexity index is 1170. The Morgan fingerprint density at radius 3 is 2.61 bits per heavy atom. The Morgan fingerprint density at radius 1 is 1.13 bits per heavy atom. The van der Waals surface area contributed by atoms with E-state index in [4.69, 9.17) is 0 Å². The number of anilines is 2. The molecule has 0 spiro atoms. The average Bonchev–Trinajstić information content (AvgIpc) is 2.75. The van der Waals surface area contributed by atoms with Gasteiger partial charge >= 0.3 is 0 Å². The maximum atomic E-state index is 13.1.